The van der Waals surface area contributed by atoms with Gasteiger partial charge in [-0.3, -0.25) is 9.36 Å². The van der Waals surface area contributed by atoms with Crippen LogP contribution in [0, 0.1) is 4.77 Å². The van der Waals surface area contributed by atoms with Crippen LogP contribution in [0.15, 0.2) is 4.79 Å². The van der Waals surface area contributed by atoms with E-state index in [1.807, 2.05) is 0 Å². The monoisotopic (exact) mass is 197 g/mol. The van der Waals surface area contributed by atoms with E-state index in [1.165, 1.54) is 4.57 Å². The first kappa shape index (κ1) is 8.50. The molecule has 0 amide bonds. The highest BCUT2D eigenvalue weighted by Gasteiger charge is 2.13. The molecule has 0 saturated heterocycles. The second kappa shape index (κ2) is 2.99. The van der Waals surface area contributed by atoms with E-state index in [1.54, 1.807) is 7.05 Å². The lowest BCUT2D eigenvalue weighted by atomic mass is 10.1. The first-order chi connectivity index (χ1) is 6.20. The van der Waals surface area contributed by atoms with Gasteiger partial charge in [0.05, 0.1) is 5.56 Å². The number of aromatic amines is 1. The molecule has 0 saturated carbocycles. The SMILES string of the molecule is Cn1c(=S)[nH]c2c(c1=O)CCCN2. The number of fused-ring (bicyclic) bond motifs is 1. The zero-order valence-electron chi connectivity index (χ0n) is 7.39. The number of aromatic nitrogens is 2. The van der Waals surface area contributed by atoms with E-state index in [2.05, 4.69) is 10.3 Å². The maximum atomic E-state index is 11.7. The van der Waals surface area contributed by atoms with Gasteiger partial charge >= 0.3 is 0 Å². The van der Waals surface area contributed by atoms with Crippen LogP contribution < -0.4 is 10.9 Å². The number of nitrogens with one attached hydrogen (secondary N) is 2. The molecule has 2 rings (SSSR count). The molecule has 5 heteroatoms. The minimum atomic E-state index is 0.0194. The molecule has 0 aliphatic carbocycles. The molecule has 0 spiro atoms. The van der Waals surface area contributed by atoms with Gasteiger partial charge in [0.25, 0.3) is 5.56 Å². The highest BCUT2D eigenvalue weighted by atomic mass is 32.1. The van der Waals surface area contributed by atoms with E-state index in [0.29, 0.717) is 4.77 Å². The van der Waals surface area contributed by atoms with Crippen molar-refractivity contribution in [2.45, 2.75) is 12.8 Å². The molecule has 1 aliphatic rings. The van der Waals surface area contributed by atoms with Gasteiger partial charge in [-0.15, -0.1) is 0 Å². The summed E-state index contributed by atoms with van der Waals surface area (Å²) in [5, 5.41) is 3.14. The standard InChI is InChI=1S/C8H11N3OS/c1-11-7(12)5-3-2-4-9-6(5)10-8(11)13/h9H,2-4H2,1H3,(H,10,13). The fourth-order valence-corrected chi connectivity index (χ4v) is 1.71. The summed E-state index contributed by atoms with van der Waals surface area (Å²) in [5.41, 5.74) is 0.841. The Kier molecular flexibility index (Phi) is 1.95. The summed E-state index contributed by atoms with van der Waals surface area (Å²) >= 11 is 4.99. The summed E-state index contributed by atoms with van der Waals surface area (Å²) in [6, 6.07) is 0. The molecule has 4 nitrogen and oxygen atoms in total. The number of hydrogen-bond acceptors (Lipinski definition) is 3. The van der Waals surface area contributed by atoms with Crippen LogP contribution in [0.3, 0.4) is 0 Å². The third kappa shape index (κ3) is 1.29. The molecule has 2 heterocycles. The van der Waals surface area contributed by atoms with E-state index in [4.69, 9.17) is 12.2 Å². The Labute approximate surface area is 80.6 Å². The molecule has 0 atom stereocenters. The Balaban J connectivity index is 2.75. The van der Waals surface area contributed by atoms with Gasteiger partial charge in [-0.2, -0.15) is 0 Å². The minimum Gasteiger partial charge on any atom is -0.371 e. The fourth-order valence-electron chi connectivity index (χ4n) is 1.53. The van der Waals surface area contributed by atoms with Crippen LogP contribution in [-0.2, 0) is 13.5 Å². The molecule has 0 radical (unpaired) electrons. The average molecular weight is 197 g/mol. The summed E-state index contributed by atoms with van der Waals surface area (Å²) in [5.74, 6) is 0.805. The number of nitrogens with zero attached hydrogens (tertiary/aromatic N) is 1. The topological polar surface area (TPSA) is 49.8 Å². The van der Waals surface area contributed by atoms with E-state index in [-0.39, 0.29) is 5.56 Å². The van der Waals surface area contributed by atoms with Crippen molar-refractivity contribution in [2.24, 2.45) is 7.05 Å². The summed E-state index contributed by atoms with van der Waals surface area (Å²) in [6.45, 7) is 0.908. The molecular weight excluding hydrogens is 186 g/mol. The van der Waals surface area contributed by atoms with Crippen LogP contribution >= 0.6 is 12.2 Å². The zero-order chi connectivity index (χ0) is 9.42. The number of anilines is 1. The molecule has 13 heavy (non-hydrogen) atoms. The zero-order valence-corrected chi connectivity index (χ0v) is 8.20. The normalized spacial score (nSPS) is 14.8. The van der Waals surface area contributed by atoms with Gasteiger partial charge in [0.2, 0.25) is 0 Å². The van der Waals surface area contributed by atoms with Crippen molar-refractivity contribution in [1.29, 1.82) is 0 Å². The lowest BCUT2D eigenvalue weighted by molar-refractivity contribution is 0.734. The van der Waals surface area contributed by atoms with Crippen molar-refractivity contribution in [1.82, 2.24) is 9.55 Å². The van der Waals surface area contributed by atoms with Gasteiger partial charge in [0, 0.05) is 13.6 Å². The molecule has 0 bridgehead atoms. The molecule has 1 aromatic heterocycles. The summed E-state index contributed by atoms with van der Waals surface area (Å²) in [6.07, 6.45) is 1.84. The Bertz CT molecular complexity index is 446. The number of H-pyrrole nitrogens is 1. The van der Waals surface area contributed by atoms with Crippen LogP contribution in [-0.4, -0.2) is 16.1 Å². The van der Waals surface area contributed by atoms with Crippen LogP contribution in [0.25, 0.3) is 0 Å². The van der Waals surface area contributed by atoms with Gasteiger partial charge in [-0.1, -0.05) is 0 Å². The molecule has 0 unspecified atom stereocenters. The summed E-state index contributed by atoms with van der Waals surface area (Å²) < 4.78 is 1.94. The van der Waals surface area contributed by atoms with Gasteiger partial charge in [0.15, 0.2) is 4.77 Å². The molecule has 1 aliphatic heterocycles. The number of rotatable bonds is 0. The maximum absolute atomic E-state index is 11.7. The fraction of sp³-hybridized carbons (Fsp3) is 0.500. The molecule has 1 aromatic rings. The van der Waals surface area contributed by atoms with Gasteiger partial charge < -0.3 is 10.3 Å². The molecular formula is C8H11N3OS. The Hall–Kier alpha value is -1.10. The quantitative estimate of drug-likeness (QED) is 0.605. The molecule has 2 N–H and O–H groups in total. The Morgan fingerprint density at radius 2 is 2.31 bits per heavy atom. The van der Waals surface area contributed by atoms with Gasteiger partial charge in [-0.25, -0.2) is 0 Å². The first-order valence-corrected chi connectivity index (χ1v) is 4.67. The van der Waals surface area contributed by atoms with Crippen molar-refractivity contribution in [3.05, 3.63) is 20.7 Å². The molecule has 0 fully saturated rings. The lowest BCUT2D eigenvalue weighted by Crippen LogP contribution is -2.28. The molecule has 70 valence electrons. The third-order valence-electron chi connectivity index (χ3n) is 2.31. The maximum Gasteiger partial charge on any atom is 0.259 e. The van der Waals surface area contributed by atoms with Gasteiger partial charge in [0.1, 0.15) is 5.82 Å². The van der Waals surface area contributed by atoms with Crippen molar-refractivity contribution in [3.8, 4) is 0 Å². The predicted molar refractivity (Wildman–Crippen MR) is 53.7 cm³/mol. The highest BCUT2D eigenvalue weighted by molar-refractivity contribution is 7.71. The summed E-state index contributed by atoms with van der Waals surface area (Å²) in [7, 11) is 1.69. The second-order valence-electron chi connectivity index (χ2n) is 3.18. The van der Waals surface area contributed by atoms with Crippen LogP contribution in [0.4, 0.5) is 5.82 Å². The Morgan fingerprint density at radius 1 is 1.54 bits per heavy atom. The number of hydrogen-bond donors (Lipinski definition) is 2. The largest absolute Gasteiger partial charge is 0.371 e. The highest BCUT2D eigenvalue weighted by Crippen LogP contribution is 2.14. The average Bonchev–Trinajstić information content (AvgIpc) is 2.15. The smallest absolute Gasteiger partial charge is 0.259 e. The van der Waals surface area contributed by atoms with Crippen molar-refractivity contribution in [2.75, 3.05) is 11.9 Å². The van der Waals surface area contributed by atoms with E-state index in [0.717, 1.165) is 30.8 Å². The van der Waals surface area contributed by atoms with Crippen molar-refractivity contribution < 1.29 is 0 Å². The van der Waals surface area contributed by atoms with E-state index in [9.17, 15) is 4.79 Å². The first-order valence-electron chi connectivity index (χ1n) is 4.26. The summed E-state index contributed by atoms with van der Waals surface area (Å²) in [4.78, 5) is 14.7. The van der Waals surface area contributed by atoms with E-state index < -0.39 is 0 Å². The lowest BCUT2D eigenvalue weighted by Gasteiger charge is -2.17. The third-order valence-corrected chi connectivity index (χ3v) is 2.68. The second-order valence-corrected chi connectivity index (χ2v) is 3.56. The van der Waals surface area contributed by atoms with Crippen molar-refractivity contribution >= 4 is 18.0 Å². The van der Waals surface area contributed by atoms with Gasteiger partial charge in [-0.05, 0) is 25.1 Å². The Morgan fingerprint density at radius 3 is 3.08 bits per heavy atom. The minimum absolute atomic E-state index is 0.0194. The van der Waals surface area contributed by atoms with Crippen LogP contribution in [0.1, 0.15) is 12.0 Å². The molecule has 0 aromatic carbocycles. The predicted octanol–water partition coefficient (Wildman–Crippen LogP) is 0.801. The van der Waals surface area contributed by atoms with Crippen LogP contribution in [0.2, 0.25) is 0 Å². The van der Waals surface area contributed by atoms with E-state index >= 15 is 0 Å². The van der Waals surface area contributed by atoms with Crippen molar-refractivity contribution in [3.63, 3.8) is 0 Å². The van der Waals surface area contributed by atoms with Crippen LogP contribution in [0.5, 0.6) is 0 Å².